The molecule has 0 fully saturated rings. The normalized spacial score (nSPS) is 15.8. The molecule has 4 aromatic rings. The highest BCUT2D eigenvalue weighted by Crippen LogP contribution is 2.43. The summed E-state index contributed by atoms with van der Waals surface area (Å²) in [4.78, 5) is 43.8. The van der Waals surface area contributed by atoms with Gasteiger partial charge in [-0.25, -0.2) is 9.07 Å². The molecule has 248 valence electrons. The van der Waals surface area contributed by atoms with Crippen molar-refractivity contribution in [1.29, 1.82) is 0 Å². The molecule has 2 heterocycles. The third kappa shape index (κ3) is 7.24. The minimum Gasteiger partial charge on any atom is -0.340 e. The standard InChI is InChI=1S/C35H32F4N6O3/c1-4-44-33-30(27(21-40-28(46)14-9-19-43(2)3)42-45(33)26-12-6-5-7-13-26)29(22-15-17-25(36)18-16-22)31(34(44)48)41-32(47)23-10-8-11-24(20-23)35(37,38)39/h5-8,10-13,15-18,20,29,31H,4,19,21H2,1-3H3,(H,40,46)(H,41,47)/t29-,31-/m0/s1. The molecule has 3 aromatic carbocycles. The minimum atomic E-state index is -4.69. The number of alkyl halides is 3. The van der Waals surface area contributed by atoms with Gasteiger partial charge in [-0.3, -0.25) is 24.2 Å². The number of halogens is 4. The number of para-hydroxylation sites is 1. The highest BCUT2D eigenvalue weighted by molar-refractivity contribution is 6.05. The predicted octanol–water partition coefficient (Wildman–Crippen LogP) is 4.51. The minimum absolute atomic E-state index is 0.116. The van der Waals surface area contributed by atoms with Crippen LogP contribution < -0.4 is 15.5 Å². The number of anilines is 1. The maximum Gasteiger partial charge on any atom is 0.416 e. The first-order chi connectivity index (χ1) is 22.9. The Morgan fingerprint density at radius 3 is 2.35 bits per heavy atom. The summed E-state index contributed by atoms with van der Waals surface area (Å²) in [5.41, 5.74) is 0.523. The third-order valence-electron chi connectivity index (χ3n) is 7.70. The lowest BCUT2D eigenvalue weighted by atomic mass is 9.80. The number of fused-ring (bicyclic) bond motifs is 1. The number of carbonyl (C=O) groups is 3. The van der Waals surface area contributed by atoms with Crippen LogP contribution in [0.15, 0.2) is 78.9 Å². The van der Waals surface area contributed by atoms with Crippen molar-refractivity contribution in [2.24, 2.45) is 0 Å². The van der Waals surface area contributed by atoms with Gasteiger partial charge < -0.3 is 10.6 Å². The molecular formula is C35H32F4N6O3. The molecular weight excluding hydrogens is 628 g/mol. The molecule has 0 bridgehead atoms. The largest absolute Gasteiger partial charge is 0.416 e. The summed E-state index contributed by atoms with van der Waals surface area (Å²) >= 11 is 0. The lowest BCUT2D eigenvalue weighted by Gasteiger charge is -2.38. The monoisotopic (exact) mass is 660 g/mol. The Hall–Kier alpha value is -5.48. The SMILES string of the molecule is CCN1C(=O)[C@@H](NC(=O)c2cccc(C(F)(F)F)c2)[C@@H](c2ccc(F)cc2)c2c(CNC(=O)C#CCN(C)C)nn(-c3ccccc3)c21. The van der Waals surface area contributed by atoms with Crippen LogP contribution in [0.5, 0.6) is 0 Å². The van der Waals surface area contributed by atoms with Crippen LogP contribution in [-0.2, 0) is 22.3 Å². The number of amides is 3. The molecule has 0 aliphatic carbocycles. The van der Waals surface area contributed by atoms with E-state index < -0.39 is 47.2 Å². The Morgan fingerprint density at radius 2 is 1.71 bits per heavy atom. The molecule has 1 aliphatic heterocycles. The van der Waals surface area contributed by atoms with E-state index in [1.807, 2.05) is 20.2 Å². The molecule has 0 saturated carbocycles. The average Bonchev–Trinajstić information content (AvgIpc) is 3.43. The van der Waals surface area contributed by atoms with Gasteiger partial charge in [0.25, 0.3) is 17.7 Å². The summed E-state index contributed by atoms with van der Waals surface area (Å²) in [5, 5.41) is 10.2. The number of hydrogen-bond donors (Lipinski definition) is 2. The Bertz CT molecular complexity index is 1880. The molecule has 48 heavy (non-hydrogen) atoms. The Labute approximate surface area is 274 Å². The summed E-state index contributed by atoms with van der Waals surface area (Å²) in [6.07, 6.45) is -4.69. The predicted molar refractivity (Wildman–Crippen MR) is 171 cm³/mol. The lowest BCUT2D eigenvalue weighted by molar-refractivity contribution is -0.137. The van der Waals surface area contributed by atoms with E-state index in [-0.39, 0.29) is 18.7 Å². The summed E-state index contributed by atoms with van der Waals surface area (Å²) in [5.74, 6) is 2.12. The fourth-order valence-corrected chi connectivity index (χ4v) is 5.53. The Morgan fingerprint density at radius 1 is 1.00 bits per heavy atom. The maximum atomic E-state index is 14.3. The smallest absolute Gasteiger partial charge is 0.340 e. The molecule has 1 aliphatic rings. The zero-order chi connectivity index (χ0) is 34.6. The molecule has 2 atom stereocenters. The number of likely N-dealkylation sites (N-methyl/N-ethyl adjacent to an activating group) is 1. The zero-order valence-corrected chi connectivity index (χ0v) is 26.3. The van der Waals surface area contributed by atoms with Crippen LogP contribution in [0.4, 0.5) is 23.4 Å². The first-order valence-electron chi connectivity index (χ1n) is 15.0. The van der Waals surface area contributed by atoms with E-state index in [0.29, 0.717) is 40.9 Å². The van der Waals surface area contributed by atoms with Crippen LogP contribution in [0.1, 0.15) is 45.6 Å². The second kappa shape index (κ2) is 14.1. The summed E-state index contributed by atoms with van der Waals surface area (Å²) in [6.45, 7) is 2.11. The third-order valence-corrected chi connectivity index (χ3v) is 7.70. The fourth-order valence-electron chi connectivity index (χ4n) is 5.53. The van der Waals surface area contributed by atoms with Crippen LogP contribution >= 0.6 is 0 Å². The van der Waals surface area contributed by atoms with E-state index >= 15 is 0 Å². The van der Waals surface area contributed by atoms with Crippen molar-refractivity contribution in [3.63, 3.8) is 0 Å². The van der Waals surface area contributed by atoms with Crippen molar-refractivity contribution in [2.75, 3.05) is 32.1 Å². The van der Waals surface area contributed by atoms with E-state index in [0.717, 1.165) is 12.1 Å². The van der Waals surface area contributed by atoms with Gasteiger partial charge in [0.15, 0.2) is 0 Å². The molecule has 3 amide bonds. The second-order valence-corrected chi connectivity index (χ2v) is 11.3. The van der Waals surface area contributed by atoms with Crippen LogP contribution in [0.25, 0.3) is 5.69 Å². The molecule has 0 radical (unpaired) electrons. The average molecular weight is 661 g/mol. The zero-order valence-electron chi connectivity index (χ0n) is 26.3. The number of benzene rings is 3. The number of rotatable bonds is 8. The van der Waals surface area contributed by atoms with Gasteiger partial charge in [0.2, 0.25) is 0 Å². The van der Waals surface area contributed by atoms with Crippen molar-refractivity contribution >= 4 is 23.5 Å². The van der Waals surface area contributed by atoms with Gasteiger partial charge in [-0.1, -0.05) is 42.3 Å². The van der Waals surface area contributed by atoms with Crippen molar-refractivity contribution in [3.05, 3.63) is 113 Å². The molecule has 2 N–H and O–H groups in total. The number of nitrogens with zero attached hydrogens (tertiary/aromatic N) is 4. The van der Waals surface area contributed by atoms with Crippen molar-refractivity contribution in [1.82, 2.24) is 25.3 Å². The van der Waals surface area contributed by atoms with Crippen LogP contribution in [-0.4, -0.2) is 65.6 Å². The lowest BCUT2D eigenvalue weighted by Crippen LogP contribution is -2.55. The van der Waals surface area contributed by atoms with Gasteiger partial charge >= 0.3 is 6.18 Å². The first-order valence-corrected chi connectivity index (χ1v) is 15.0. The molecule has 5 rings (SSSR count). The molecule has 13 heteroatoms. The molecule has 9 nitrogen and oxygen atoms in total. The summed E-state index contributed by atoms with van der Waals surface area (Å²) in [6, 6.07) is 16.9. The molecule has 0 spiro atoms. The van der Waals surface area contributed by atoms with E-state index in [9.17, 15) is 31.9 Å². The first kappa shape index (κ1) is 33.9. The van der Waals surface area contributed by atoms with Gasteiger partial charge in [0, 0.05) is 23.6 Å². The fraction of sp³-hybridized carbons (Fsp3) is 0.257. The maximum absolute atomic E-state index is 14.3. The van der Waals surface area contributed by atoms with Crippen LogP contribution in [0.3, 0.4) is 0 Å². The Balaban J connectivity index is 1.66. The van der Waals surface area contributed by atoms with E-state index in [2.05, 4.69) is 22.5 Å². The quantitative estimate of drug-likeness (QED) is 0.214. The van der Waals surface area contributed by atoms with Crippen LogP contribution in [0.2, 0.25) is 0 Å². The number of carbonyl (C=O) groups excluding carboxylic acids is 3. The Kier molecular flexibility index (Phi) is 9.95. The number of nitrogens with one attached hydrogen (secondary N) is 2. The molecule has 1 aromatic heterocycles. The topological polar surface area (TPSA) is 99.6 Å². The van der Waals surface area contributed by atoms with E-state index in [1.165, 1.54) is 35.2 Å². The second-order valence-electron chi connectivity index (χ2n) is 11.3. The van der Waals surface area contributed by atoms with Crippen LogP contribution in [0, 0.1) is 17.7 Å². The highest BCUT2D eigenvalue weighted by Gasteiger charge is 2.46. The molecule has 0 unspecified atom stereocenters. The van der Waals surface area contributed by atoms with Gasteiger partial charge in [-0.15, -0.1) is 0 Å². The summed E-state index contributed by atoms with van der Waals surface area (Å²) in [7, 11) is 3.63. The van der Waals surface area contributed by atoms with Crippen molar-refractivity contribution in [3.8, 4) is 17.5 Å². The van der Waals surface area contributed by atoms with Crippen molar-refractivity contribution < 1.29 is 31.9 Å². The number of aromatic nitrogens is 2. The highest BCUT2D eigenvalue weighted by atomic mass is 19.4. The van der Waals surface area contributed by atoms with Gasteiger partial charge in [-0.05, 0) is 75.0 Å². The van der Waals surface area contributed by atoms with Crippen molar-refractivity contribution in [2.45, 2.75) is 31.6 Å². The van der Waals surface area contributed by atoms with E-state index in [1.54, 1.807) is 40.8 Å². The number of hydrogen-bond acceptors (Lipinski definition) is 5. The van der Waals surface area contributed by atoms with Gasteiger partial charge in [0.05, 0.1) is 30.0 Å². The van der Waals surface area contributed by atoms with E-state index in [4.69, 9.17) is 5.10 Å². The summed E-state index contributed by atoms with van der Waals surface area (Å²) < 4.78 is 56.2. The molecule has 0 saturated heterocycles. The van der Waals surface area contributed by atoms with Gasteiger partial charge in [-0.2, -0.15) is 18.3 Å². The van der Waals surface area contributed by atoms with Gasteiger partial charge in [0.1, 0.15) is 17.7 Å².